The second-order valence-electron chi connectivity index (χ2n) is 3.67. The van der Waals surface area contributed by atoms with E-state index in [1.807, 2.05) is 0 Å². The highest BCUT2D eigenvalue weighted by Crippen LogP contribution is 2.20. The van der Waals surface area contributed by atoms with Gasteiger partial charge in [0.25, 0.3) is 5.69 Å². The van der Waals surface area contributed by atoms with Gasteiger partial charge in [0.15, 0.2) is 0 Å². The van der Waals surface area contributed by atoms with Crippen LogP contribution in [0.1, 0.15) is 5.82 Å². The van der Waals surface area contributed by atoms with E-state index in [-0.39, 0.29) is 12.3 Å². The second-order valence-corrected chi connectivity index (χ2v) is 3.67. The number of aliphatic hydroxyl groups excluding tert-OH is 1. The minimum Gasteiger partial charge on any atom is -0.396 e. The number of nitro groups is 1. The molecule has 6 nitrogen and oxygen atoms in total. The smallest absolute Gasteiger partial charge is 0.269 e. The van der Waals surface area contributed by atoms with Gasteiger partial charge in [-0.2, -0.15) is 0 Å². The molecule has 0 aliphatic carbocycles. The molecule has 0 aliphatic rings. The standard InChI is InChI=1S/C12H11N3O3/c16-6-5-12-13-7-10(8-14-12)9-1-3-11(4-2-9)15(17)18/h1-4,7-8,16H,5-6H2. The molecule has 1 aromatic heterocycles. The topological polar surface area (TPSA) is 89.2 Å². The van der Waals surface area contributed by atoms with Crippen molar-refractivity contribution in [3.63, 3.8) is 0 Å². The summed E-state index contributed by atoms with van der Waals surface area (Å²) in [5.41, 5.74) is 1.65. The van der Waals surface area contributed by atoms with E-state index >= 15 is 0 Å². The molecule has 2 aromatic rings. The number of benzene rings is 1. The third-order valence-electron chi connectivity index (χ3n) is 2.45. The number of hydrogen-bond donors (Lipinski definition) is 1. The highest BCUT2D eigenvalue weighted by Gasteiger charge is 2.05. The monoisotopic (exact) mass is 245 g/mol. The molecule has 0 saturated carbocycles. The van der Waals surface area contributed by atoms with Gasteiger partial charge in [0.05, 0.1) is 11.5 Å². The van der Waals surface area contributed by atoms with E-state index in [0.717, 1.165) is 11.1 Å². The van der Waals surface area contributed by atoms with Gasteiger partial charge in [-0.05, 0) is 17.7 Å². The van der Waals surface area contributed by atoms with Gasteiger partial charge in [-0.15, -0.1) is 0 Å². The first-order valence-electron chi connectivity index (χ1n) is 5.37. The summed E-state index contributed by atoms with van der Waals surface area (Å²) < 4.78 is 0. The molecule has 6 heteroatoms. The minimum absolute atomic E-state index is 0.0108. The van der Waals surface area contributed by atoms with E-state index in [4.69, 9.17) is 5.11 Å². The van der Waals surface area contributed by atoms with E-state index in [1.165, 1.54) is 12.1 Å². The van der Waals surface area contributed by atoms with Crippen LogP contribution in [0.4, 0.5) is 5.69 Å². The quantitative estimate of drug-likeness (QED) is 0.652. The fraction of sp³-hybridized carbons (Fsp3) is 0.167. The number of nitrogens with zero attached hydrogens (tertiary/aromatic N) is 3. The van der Waals surface area contributed by atoms with Crippen LogP contribution in [-0.2, 0) is 6.42 Å². The third kappa shape index (κ3) is 2.67. The Balaban J connectivity index is 2.23. The number of non-ortho nitro benzene ring substituents is 1. The predicted molar refractivity (Wildman–Crippen MR) is 64.9 cm³/mol. The van der Waals surface area contributed by atoms with E-state index in [2.05, 4.69) is 9.97 Å². The lowest BCUT2D eigenvalue weighted by molar-refractivity contribution is -0.384. The maximum absolute atomic E-state index is 10.5. The molecular weight excluding hydrogens is 234 g/mol. The Hall–Kier alpha value is -2.34. The molecule has 2 rings (SSSR count). The van der Waals surface area contributed by atoms with Crippen molar-refractivity contribution in [3.05, 3.63) is 52.6 Å². The molecular formula is C12H11N3O3. The lowest BCUT2D eigenvalue weighted by Gasteiger charge is -2.01. The molecule has 0 amide bonds. The van der Waals surface area contributed by atoms with Gasteiger partial charge in [0.2, 0.25) is 0 Å². The fourth-order valence-electron chi connectivity index (χ4n) is 1.51. The predicted octanol–water partition coefficient (Wildman–Crippen LogP) is 1.59. The Bertz CT molecular complexity index is 537. The molecule has 0 bridgehead atoms. The third-order valence-corrected chi connectivity index (χ3v) is 2.45. The zero-order valence-corrected chi connectivity index (χ0v) is 9.48. The summed E-state index contributed by atoms with van der Waals surface area (Å²) in [6.45, 7) is 0.0108. The SMILES string of the molecule is O=[N+]([O-])c1ccc(-c2cnc(CCO)nc2)cc1. The Morgan fingerprint density at radius 2 is 1.72 bits per heavy atom. The van der Waals surface area contributed by atoms with Crippen LogP contribution in [0.3, 0.4) is 0 Å². The van der Waals surface area contributed by atoms with Crippen LogP contribution in [0, 0.1) is 10.1 Å². The van der Waals surface area contributed by atoms with Crippen molar-refractivity contribution in [3.8, 4) is 11.1 Å². The van der Waals surface area contributed by atoms with Crippen molar-refractivity contribution >= 4 is 5.69 Å². The zero-order valence-electron chi connectivity index (χ0n) is 9.48. The highest BCUT2D eigenvalue weighted by atomic mass is 16.6. The van der Waals surface area contributed by atoms with Crippen molar-refractivity contribution in [2.75, 3.05) is 6.61 Å². The molecule has 18 heavy (non-hydrogen) atoms. The zero-order chi connectivity index (χ0) is 13.0. The molecule has 0 fully saturated rings. The normalized spacial score (nSPS) is 10.3. The van der Waals surface area contributed by atoms with E-state index < -0.39 is 4.92 Å². The van der Waals surface area contributed by atoms with Gasteiger partial charge in [0, 0.05) is 36.5 Å². The summed E-state index contributed by atoms with van der Waals surface area (Å²) in [5, 5.41) is 19.3. The molecule has 0 spiro atoms. The van der Waals surface area contributed by atoms with Crippen LogP contribution in [0.15, 0.2) is 36.7 Å². The summed E-state index contributed by atoms with van der Waals surface area (Å²) in [6, 6.07) is 6.19. The van der Waals surface area contributed by atoms with Crippen molar-refractivity contribution in [1.82, 2.24) is 9.97 Å². The van der Waals surface area contributed by atoms with Crippen LogP contribution >= 0.6 is 0 Å². The van der Waals surface area contributed by atoms with Crippen molar-refractivity contribution in [2.24, 2.45) is 0 Å². The van der Waals surface area contributed by atoms with E-state index in [1.54, 1.807) is 24.5 Å². The Labute approximate surface area is 103 Å². The lowest BCUT2D eigenvalue weighted by Crippen LogP contribution is -1.98. The Morgan fingerprint density at radius 3 is 2.22 bits per heavy atom. The van der Waals surface area contributed by atoms with Gasteiger partial charge in [0.1, 0.15) is 5.82 Å². The number of aromatic nitrogens is 2. The highest BCUT2D eigenvalue weighted by molar-refractivity contribution is 5.62. The van der Waals surface area contributed by atoms with Gasteiger partial charge in [-0.3, -0.25) is 10.1 Å². The number of nitro benzene ring substituents is 1. The summed E-state index contributed by atoms with van der Waals surface area (Å²) in [5.74, 6) is 0.572. The van der Waals surface area contributed by atoms with Crippen LogP contribution < -0.4 is 0 Å². The summed E-state index contributed by atoms with van der Waals surface area (Å²) in [6.07, 6.45) is 3.69. The van der Waals surface area contributed by atoms with E-state index in [9.17, 15) is 10.1 Å². The molecule has 0 atom stereocenters. The second kappa shape index (κ2) is 5.33. The Kier molecular flexibility index (Phi) is 3.59. The van der Waals surface area contributed by atoms with E-state index in [0.29, 0.717) is 12.2 Å². The van der Waals surface area contributed by atoms with Crippen molar-refractivity contribution < 1.29 is 10.0 Å². The fourth-order valence-corrected chi connectivity index (χ4v) is 1.51. The van der Waals surface area contributed by atoms with Crippen LogP contribution in [-0.4, -0.2) is 26.6 Å². The van der Waals surface area contributed by atoms with Crippen LogP contribution in [0.25, 0.3) is 11.1 Å². The lowest BCUT2D eigenvalue weighted by atomic mass is 10.1. The summed E-state index contributed by atoms with van der Waals surface area (Å²) in [7, 11) is 0. The molecule has 0 radical (unpaired) electrons. The van der Waals surface area contributed by atoms with Crippen LogP contribution in [0.5, 0.6) is 0 Å². The number of aliphatic hydroxyl groups is 1. The molecule has 0 saturated heterocycles. The number of rotatable bonds is 4. The largest absolute Gasteiger partial charge is 0.396 e. The molecule has 1 aromatic carbocycles. The molecule has 92 valence electrons. The minimum atomic E-state index is -0.440. The average molecular weight is 245 g/mol. The summed E-state index contributed by atoms with van der Waals surface area (Å²) in [4.78, 5) is 18.3. The molecule has 1 N–H and O–H groups in total. The van der Waals surface area contributed by atoms with Gasteiger partial charge in [-0.1, -0.05) is 0 Å². The maximum Gasteiger partial charge on any atom is 0.269 e. The number of hydrogen-bond acceptors (Lipinski definition) is 5. The summed E-state index contributed by atoms with van der Waals surface area (Å²) >= 11 is 0. The van der Waals surface area contributed by atoms with Gasteiger partial charge >= 0.3 is 0 Å². The first-order valence-corrected chi connectivity index (χ1v) is 5.37. The molecule has 0 aliphatic heterocycles. The van der Waals surface area contributed by atoms with Crippen LogP contribution in [0.2, 0.25) is 0 Å². The van der Waals surface area contributed by atoms with Crippen molar-refractivity contribution in [1.29, 1.82) is 0 Å². The molecule has 1 heterocycles. The Morgan fingerprint density at radius 1 is 1.11 bits per heavy atom. The van der Waals surface area contributed by atoms with Gasteiger partial charge < -0.3 is 5.11 Å². The van der Waals surface area contributed by atoms with Gasteiger partial charge in [-0.25, -0.2) is 9.97 Å². The average Bonchev–Trinajstić information content (AvgIpc) is 2.40. The maximum atomic E-state index is 10.5. The molecule has 0 unspecified atom stereocenters. The first-order chi connectivity index (χ1) is 8.70. The first kappa shape index (κ1) is 12.1. The van der Waals surface area contributed by atoms with Crippen molar-refractivity contribution in [2.45, 2.75) is 6.42 Å².